The summed E-state index contributed by atoms with van der Waals surface area (Å²) in [5.74, 6) is -3.70. The molecule has 15 nitrogen and oxygen atoms in total. The molecule has 248 valence electrons. The number of aromatic nitrogens is 6. The van der Waals surface area contributed by atoms with Crippen LogP contribution in [0.25, 0.3) is 11.4 Å². The van der Waals surface area contributed by atoms with Crippen LogP contribution in [0.1, 0.15) is 5.82 Å². The lowest BCUT2D eigenvalue weighted by molar-refractivity contribution is -0.261. The molecule has 1 atom stereocenters. The van der Waals surface area contributed by atoms with Crippen LogP contribution in [0.4, 0.5) is 58.9 Å². The van der Waals surface area contributed by atoms with Crippen LogP contribution in [0.3, 0.4) is 0 Å². The van der Waals surface area contributed by atoms with Gasteiger partial charge in [0.1, 0.15) is 29.8 Å². The minimum absolute atomic E-state index is 0.141. The van der Waals surface area contributed by atoms with Gasteiger partial charge in [0.2, 0.25) is 5.82 Å². The molecule has 2 aromatic heterocycles. The molecular formula is C26H21F6N9O6. The number of ether oxygens (including phenoxy) is 2. The van der Waals surface area contributed by atoms with Crippen LogP contribution in [0.5, 0.6) is 11.8 Å². The Balaban J connectivity index is 2.11. The number of nitrogens with zero attached hydrogens (tertiary/aromatic N) is 9. The third-order valence-corrected chi connectivity index (χ3v) is 6.12. The van der Waals surface area contributed by atoms with Crippen molar-refractivity contribution in [3.63, 3.8) is 0 Å². The van der Waals surface area contributed by atoms with E-state index in [1.165, 1.54) is 31.1 Å². The molecule has 0 saturated heterocycles. The molecule has 0 aliphatic rings. The highest BCUT2D eigenvalue weighted by Crippen LogP contribution is 2.46. The molecule has 0 bridgehead atoms. The van der Waals surface area contributed by atoms with Crippen LogP contribution in [0.15, 0.2) is 55.1 Å². The SMILES string of the molecule is COc1nc(-c2ccccc2N(C(=O)O)[N+](C(=O)[O-])(c2ncncn2)c2ccc(OCC(F)(F)F)cc2N(C)C)nc(C(F)(F)F)n1. The van der Waals surface area contributed by atoms with E-state index in [0.717, 1.165) is 50.1 Å². The fraction of sp³-hybridized carbons (Fsp3) is 0.231. The Hall–Kier alpha value is -5.86. The molecule has 2 aromatic carbocycles. The molecule has 0 radical (unpaired) electrons. The van der Waals surface area contributed by atoms with Crippen molar-refractivity contribution in [2.45, 2.75) is 12.4 Å². The first-order valence-corrected chi connectivity index (χ1v) is 12.8. The normalized spacial score (nSPS) is 13.0. The van der Waals surface area contributed by atoms with Gasteiger partial charge in [-0.15, -0.1) is 0 Å². The maximum absolute atomic E-state index is 13.7. The zero-order chi connectivity index (χ0) is 34.7. The summed E-state index contributed by atoms with van der Waals surface area (Å²) in [4.78, 5) is 49.7. The summed E-state index contributed by atoms with van der Waals surface area (Å²) < 4.78 is 87.3. The number of para-hydroxylation sites is 1. The molecule has 0 fully saturated rings. The number of alkyl halides is 6. The topological polar surface area (TPSA) is 180 Å². The highest BCUT2D eigenvalue weighted by molar-refractivity contribution is 6.03. The number of methoxy groups -OCH3 is 1. The number of carboxylic acid groups (broad SMARTS) is 2. The van der Waals surface area contributed by atoms with E-state index in [4.69, 9.17) is 9.47 Å². The van der Waals surface area contributed by atoms with Gasteiger partial charge in [-0.1, -0.05) is 21.7 Å². The lowest BCUT2D eigenvalue weighted by Gasteiger charge is -2.41. The number of halogens is 6. The van der Waals surface area contributed by atoms with E-state index in [2.05, 4.69) is 29.9 Å². The highest BCUT2D eigenvalue weighted by atomic mass is 19.4. The van der Waals surface area contributed by atoms with Crippen LogP contribution < -0.4 is 29.1 Å². The quantitative estimate of drug-likeness (QED) is 0.163. The Morgan fingerprint density at radius 2 is 1.62 bits per heavy atom. The largest absolute Gasteiger partial charge is 0.496 e. The van der Waals surface area contributed by atoms with Gasteiger partial charge < -0.3 is 29.4 Å². The Morgan fingerprint density at radius 3 is 2.17 bits per heavy atom. The molecule has 47 heavy (non-hydrogen) atoms. The molecule has 0 saturated carbocycles. The van der Waals surface area contributed by atoms with Crippen molar-refractivity contribution in [2.24, 2.45) is 0 Å². The number of benzene rings is 2. The number of carbonyl (C=O) groups excluding carboxylic acids is 1. The molecule has 0 spiro atoms. The third-order valence-electron chi connectivity index (χ3n) is 6.12. The fourth-order valence-corrected chi connectivity index (χ4v) is 4.29. The second-order valence-electron chi connectivity index (χ2n) is 9.37. The van der Waals surface area contributed by atoms with Gasteiger partial charge in [0.25, 0.3) is 6.09 Å². The van der Waals surface area contributed by atoms with E-state index < -0.39 is 76.3 Å². The zero-order valence-corrected chi connectivity index (χ0v) is 24.2. The summed E-state index contributed by atoms with van der Waals surface area (Å²) in [5.41, 5.74) is -1.84. The summed E-state index contributed by atoms with van der Waals surface area (Å²) in [7, 11) is 3.69. The maximum atomic E-state index is 13.7. The van der Waals surface area contributed by atoms with E-state index in [9.17, 15) is 46.1 Å². The average molecular weight is 669 g/mol. The second-order valence-corrected chi connectivity index (χ2v) is 9.37. The lowest BCUT2D eigenvalue weighted by atomic mass is 10.1. The summed E-state index contributed by atoms with van der Waals surface area (Å²) in [6.07, 6.45) is -12.5. The van der Waals surface area contributed by atoms with Gasteiger partial charge in [-0.05, 0) is 18.2 Å². The van der Waals surface area contributed by atoms with Crippen molar-refractivity contribution in [2.75, 3.05) is 37.7 Å². The van der Waals surface area contributed by atoms with E-state index in [0.29, 0.717) is 0 Å². The number of carbonyl (C=O) groups is 2. The molecule has 4 rings (SSSR count). The standard InChI is InChI=1S/C26H21F6N9O6/c1-39(2)17-10-14(47-11-25(27,28)29)8-9-18(17)41(24(44)45,21-34-12-33-13-35-21)40(23(42)43)16-7-5-4-6-15(16)19-36-20(26(30,31)32)38-22(37-19)46-3/h4-10,12-13H,11H2,1-3H3,(H-,42,43,44,45). The summed E-state index contributed by atoms with van der Waals surface area (Å²) in [6, 6.07) is 6.69. The molecule has 1 unspecified atom stereocenters. The zero-order valence-electron chi connectivity index (χ0n) is 24.2. The Morgan fingerprint density at radius 1 is 0.957 bits per heavy atom. The summed E-state index contributed by atoms with van der Waals surface area (Å²) in [6.45, 7) is -1.71. The molecule has 0 aliphatic heterocycles. The van der Waals surface area contributed by atoms with E-state index >= 15 is 0 Å². The van der Waals surface area contributed by atoms with Crippen LogP contribution in [0, 0.1) is 0 Å². The number of amides is 2. The van der Waals surface area contributed by atoms with E-state index in [-0.39, 0.29) is 16.4 Å². The molecule has 0 aliphatic carbocycles. The van der Waals surface area contributed by atoms with Crippen molar-refractivity contribution < 1.29 is 55.6 Å². The maximum Gasteiger partial charge on any atom is 0.458 e. The third kappa shape index (κ3) is 6.88. The van der Waals surface area contributed by atoms with E-state index in [1.54, 1.807) is 0 Å². The first-order valence-electron chi connectivity index (χ1n) is 12.8. The predicted octanol–water partition coefficient (Wildman–Crippen LogP) is 3.84. The van der Waals surface area contributed by atoms with Crippen molar-refractivity contribution in [3.05, 3.63) is 60.9 Å². The number of hydrogen-bond donors (Lipinski definition) is 1. The van der Waals surface area contributed by atoms with Crippen molar-refractivity contribution >= 4 is 35.2 Å². The monoisotopic (exact) mass is 669 g/mol. The van der Waals surface area contributed by atoms with Crippen molar-refractivity contribution in [1.82, 2.24) is 34.5 Å². The lowest BCUT2D eigenvalue weighted by Crippen LogP contribution is -2.69. The first-order chi connectivity index (χ1) is 22.0. The van der Waals surface area contributed by atoms with Gasteiger partial charge in [-0.2, -0.15) is 46.3 Å². The van der Waals surface area contributed by atoms with E-state index in [1.807, 2.05) is 0 Å². The van der Waals surface area contributed by atoms with Gasteiger partial charge in [0.05, 0.1) is 7.11 Å². The number of hydrogen-bond acceptors (Lipinski definition) is 12. The first kappa shape index (κ1) is 34.0. The molecule has 21 heteroatoms. The van der Waals surface area contributed by atoms with Gasteiger partial charge >= 0.3 is 30.4 Å². The fourth-order valence-electron chi connectivity index (χ4n) is 4.29. The number of anilines is 2. The molecule has 2 heterocycles. The number of rotatable bonds is 8. The van der Waals surface area contributed by atoms with Gasteiger partial charge in [-0.25, -0.2) is 14.8 Å². The molecule has 2 amide bonds. The van der Waals surface area contributed by atoms with Gasteiger partial charge in [0, 0.05) is 31.8 Å². The minimum atomic E-state index is -5.11. The summed E-state index contributed by atoms with van der Waals surface area (Å²) in [5, 5.41) is 24.3. The Bertz CT molecular complexity index is 1780. The summed E-state index contributed by atoms with van der Waals surface area (Å²) >= 11 is 0. The molecule has 4 aromatic rings. The smallest absolute Gasteiger partial charge is 0.458 e. The second kappa shape index (κ2) is 12.9. The average Bonchev–Trinajstić information content (AvgIpc) is 3.01. The van der Waals surface area contributed by atoms with Crippen molar-refractivity contribution in [1.29, 1.82) is 0 Å². The molecular weight excluding hydrogens is 648 g/mol. The van der Waals surface area contributed by atoms with Crippen LogP contribution in [0.2, 0.25) is 0 Å². The van der Waals surface area contributed by atoms with Crippen LogP contribution in [-0.4, -0.2) is 81.2 Å². The predicted molar refractivity (Wildman–Crippen MR) is 146 cm³/mol. The minimum Gasteiger partial charge on any atom is -0.496 e. The molecule has 1 N–H and O–H groups in total. The highest BCUT2D eigenvalue weighted by Gasteiger charge is 2.53. The number of quaternary nitrogens is 1. The Kier molecular flexibility index (Phi) is 9.31. The Labute approximate surface area is 259 Å². The van der Waals surface area contributed by atoms with Crippen LogP contribution in [-0.2, 0) is 6.18 Å². The van der Waals surface area contributed by atoms with Crippen LogP contribution >= 0.6 is 0 Å². The van der Waals surface area contributed by atoms with Crippen molar-refractivity contribution in [3.8, 4) is 23.1 Å². The van der Waals surface area contributed by atoms with Gasteiger partial charge in [0.15, 0.2) is 18.1 Å². The van der Waals surface area contributed by atoms with Gasteiger partial charge in [-0.3, -0.25) is 0 Å².